The van der Waals surface area contributed by atoms with E-state index in [4.69, 9.17) is 15.2 Å². The summed E-state index contributed by atoms with van der Waals surface area (Å²) in [6.07, 6.45) is 5.67. The topological polar surface area (TPSA) is 61.5 Å². The molecule has 0 saturated heterocycles. The maximum atomic E-state index is 11.5. The minimum absolute atomic E-state index is 0.190. The van der Waals surface area contributed by atoms with Gasteiger partial charge in [-0.05, 0) is 26.7 Å². The summed E-state index contributed by atoms with van der Waals surface area (Å²) in [5.41, 5.74) is 5.47. The second-order valence-corrected chi connectivity index (χ2v) is 5.79. The van der Waals surface area contributed by atoms with Gasteiger partial charge in [0.25, 0.3) is 0 Å². The number of methoxy groups -OCH3 is 1. The van der Waals surface area contributed by atoms with Crippen LogP contribution in [0.5, 0.6) is 0 Å². The maximum Gasteiger partial charge on any atom is 0.313 e. The van der Waals surface area contributed by atoms with Gasteiger partial charge >= 0.3 is 5.97 Å². The fraction of sp³-hybridized carbons (Fsp3) is 0.923. The molecule has 17 heavy (non-hydrogen) atoms. The van der Waals surface area contributed by atoms with Gasteiger partial charge in [0, 0.05) is 5.54 Å². The molecule has 2 N–H and O–H groups in total. The third kappa shape index (κ3) is 4.28. The first-order valence-corrected chi connectivity index (χ1v) is 6.35. The molecular weight excluding hydrogens is 218 g/mol. The molecule has 0 heterocycles. The number of carbonyl (C=O) groups is 1. The second-order valence-electron chi connectivity index (χ2n) is 5.79. The van der Waals surface area contributed by atoms with Crippen LogP contribution in [-0.2, 0) is 14.3 Å². The normalized spacial score (nSPS) is 20.0. The lowest BCUT2D eigenvalue weighted by Crippen LogP contribution is -2.47. The highest BCUT2D eigenvalue weighted by Gasteiger charge is 2.32. The standard InChI is InChI=1S/C13H25NO3/c1-12(2,11(15)16-3)9-17-10-13(14)7-5-4-6-8-13/h4-10,14H2,1-3H3. The van der Waals surface area contributed by atoms with Gasteiger partial charge in [-0.15, -0.1) is 0 Å². The molecule has 0 aliphatic heterocycles. The van der Waals surface area contributed by atoms with Crippen LogP contribution in [0.15, 0.2) is 0 Å². The number of hydrogen-bond acceptors (Lipinski definition) is 4. The maximum absolute atomic E-state index is 11.5. The first-order chi connectivity index (χ1) is 7.90. The Morgan fingerprint density at radius 2 is 1.88 bits per heavy atom. The minimum Gasteiger partial charge on any atom is -0.469 e. The molecular formula is C13H25NO3. The smallest absolute Gasteiger partial charge is 0.313 e. The van der Waals surface area contributed by atoms with E-state index >= 15 is 0 Å². The molecule has 4 heteroatoms. The fourth-order valence-electron chi connectivity index (χ4n) is 2.24. The highest BCUT2D eigenvalue weighted by molar-refractivity contribution is 5.75. The molecule has 0 unspecified atom stereocenters. The van der Waals surface area contributed by atoms with Crippen molar-refractivity contribution in [2.75, 3.05) is 20.3 Å². The van der Waals surface area contributed by atoms with Crippen LogP contribution in [0.3, 0.4) is 0 Å². The van der Waals surface area contributed by atoms with Crippen LogP contribution >= 0.6 is 0 Å². The van der Waals surface area contributed by atoms with Gasteiger partial charge in [-0.25, -0.2) is 0 Å². The molecule has 1 aliphatic carbocycles. The third-order valence-electron chi connectivity index (χ3n) is 3.44. The lowest BCUT2D eigenvalue weighted by molar-refractivity contribution is -0.154. The van der Waals surface area contributed by atoms with E-state index in [1.165, 1.54) is 26.4 Å². The molecule has 0 radical (unpaired) electrons. The van der Waals surface area contributed by atoms with Gasteiger partial charge in [-0.2, -0.15) is 0 Å². The Kier molecular flexibility index (Phi) is 4.95. The van der Waals surface area contributed by atoms with Crippen LogP contribution in [-0.4, -0.2) is 31.8 Å². The Morgan fingerprint density at radius 1 is 1.29 bits per heavy atom. The van der Waals surface area contributed by atoms with Gasteiger partial charge < -0.3 is 15.2 Å². The predicted octanol–water partition coefficient (Wildman–Crippen LogP) is 1.86. The summed E-state index contributed by atoms with van der Waals surface area (Å²) < 4.78 is 10.4. The highest BCUT2D eigenvalue weighted by atomic mass is 16.5. The molecule has 100 valence electrons. The molecule has 1 saturated carbocycles. The van der Waals surface area contributed by atoms with Gasteiger partial charge in [0.1, 0.15) is 0 Å². The molecule has 0 aromatic heterocycles. The summed E-state index contributed by atoms with van der Waals surface area (Å²) in [6, 6.07) is 0. The zero-order valence-corrected chi connectivity index (χ0v) is 11.3. The van der Waals surface area contributed by atoms with Crippen molar-refractivity contribution in [1.29, 1.82) is 0 Å². The van der Waals surface area contributed by atoms with E-state index in [1.54, 1.807) is 0 Å². The van der Waals surface area contributed by atoms with Crippen molar-refractivity contribution in [3.63, 3.8) is 0 Å². The lowest BCUT2D eigenvalue weighted by atomic mass is 9.83. The highest BCUT2D eigenvalue weighted by Crippen LogP contribution is 2.27. The summed E-state index contributed by atoms with van der Waals surface area (Å²) in [4.78, 5) is 11.5. The Bertz CT molecular complexity index is 257. The molecule has 0 aromatic rings. The van der Waals surface area contributed by atoms with Crippen LogP contribution in [0.2, 0.25) is 0 Å². The molecule has 0 atom stereocenters. The van der Waals surface area contributed by atoms with E-state index in [1.807, 2.05) is 13.8 Å². The second kappa shape index (κ2) is 5.83. The van der Waals surface area contributed by atoms with Crippen molar-refractivity contribution in [3.05, 3.63) is 0 Å². The van der Waals surface area contributed by atoms with Crippen LogP contribution in [0.1, 0.15) is 46.0 Å². The molecule has 4 nitrogen and oxygen atoms in total. The van der Waals surface area contributed by atoms with Gasteiger partial charge in [0.15, 0.2) is 0 Å². The van der Waals surface area contributed by atoms with Gasteiger partial charge in [-0.1, -0.05) is 19.3 Å². The lowest BCUT2D eigenvalue weighted by Gasteiger charge is -2.34. The van der Waals surface area contributed by atoms with Crippen molar-refractivity contribution < 1.29 is 14.3 Å². The van der Waals surface area contributed by atoms with E-state index in [9.17, 15) is 4.79 Å². The quantitative estimate of drug-likeness (QED) is 0.749. The molecule has 1 fully saturated rings. The van der Waals surface area contributed by atoms with Crippen molar-refractivity contribution >= 4 is 5.97 Å². The van der Waals surface area contributed by atoms with E-state index in [0.29, 0.717) is 13.2 Å². The zero-order valence-electron chi connectivity index (χ0n) is 11.3. The van der Waals surface area contributed by atoms with Gasteiger partial charge in [0.2, 0.25) is 0 Å². The van der Waals surface area contributed by atoms with Crippen LogP contribution in [0.25, 0.3) is 0 Å². The van der Waals surface area contributed by atoms with Crippen molar-refractivity contribution in [1.82, 2.24) is 0 Å². The predicted molar refractivity (Wildman–Crippen MR) is 66.6 cm³/mol. The van der Waals surface area contributed by atoms with Crippen molar-refractivity contribution in [2.45, 2.75) is 51.5 Å². The molecule has 1 aliphatic rings. The summed E-state index contributed by atoms with van der Waals surface area (Å²) in [5, 5.41) is 0. The Labute approximate surface area is 104 Å². The largest absolute Gasteiger partial charge is 0.469 e. The molecule has 0 aromatic carbocycles. The zero-order chi connectivity index (χ0) is 12.9. The Morgan fingerprint density at radius 3 is 2.41 bits per heavy atom. The SMILES string of the molecule is COC(=O)C(C)(C)COCC1(N)CCCCC1. The third-order valence-corrected chi connectivity index (χ3v) is 3.44. The number of ether oxygens (including phenoxy) is 2. The van der Waals surface area contributed by atoms with Crippen LogP contribution in [0.4, 0.5) is 0 Å². The number of rotatable bonds is 5. The monoisotopic (exact) mass is 243 g/mol. The molecule has 0 amide bonds. The van der Waals surface area contributed by atoms with Crippen molar-refractivity contribution in [2.24, 2.45) is 11.1 Å². The number of esters is 1. The number of nitrogens with two attached hydrogens (primary N) is 1. The summed E-state index contributed by atoms with van der Waals surface area (Å²) in [6.45, 7) is 4.54. The number of hydrogen-bond donors (Lipinski definition) is 1. The van der Waals surface area contributed by atoms with E-state index in [0.717, 1.165) is 12.8 Å². The minimum atomic E-state index is -0.597. The van der Waals surface area contributed by atoms with Crippen LogP contribution in [0, 0.1) is 5.41 Å². The van der Waals surface area contributed by atoms with Crippen molar-refractivity contribution in [3.8, 4) is 0 Å². The van der Waals surface area contributed by atoms with Crippen LogP contribution < -0.4 is 5.73 Å². The first kappa shape index (κ1) is 14.5. The van der Waals surface area contributed by atoms with E-state index in [-0.39, 0.29) is 11.5 Å². The van der Waals surface area contributed by atoms with Gasteiger partial charge in [-0.3, -0.25) is 4.79 Å². The van der Waals surface area contributed by atoms with Gasteiger partial charge in [0.05, 0.1) is 25.7 Å². The molecule has 0 spiro atoms. The Hall–Kier alpha value is -0.610. The average Bonchev–Trinajstić information content (AvgIpc) is 2.28. The summed E-state index contributed by atoms with van der Waals surface area (Å²) in [5.74, 6) is -0.243. The molecule has 0 bridgehead atoms. The average molecular weight is 243 g/mol. The number of carbonyl (C=O) groups excluding carboxylic acids is 1. The Balaban J connectivity index is 2.33. The van der Waals surface area contributed by atoms with E-state index in [2.05, 4.69) is 0 Å². The molecule has 1 rings (SSSR count). The first-order valence-electron chi connectivity index (χ1n) is 6.35. The van der Waals surface area contributed by atoms with E-state index < -0.39 is 5.41 Å². The summed E-state index contributed by atoms with van der Waals surface area (Å²) in [7, 11) is 1.40. The fourth-order valence-corrected chi connectivity index (χ4v) is 2.24. The summed E-state index contributed by atoms with van der Waals surface area (Å²) >= 11 is 0.